The topological polar surface area (TPSA) is 62.7 Å². The van der Waals surface area contributed by atoms with Crippen molar-refractivity contribution in [3.05, 3.63) is 54.1 Å². The molecule has 2 aromatic heterocycles. The number of likely N-dealkylation sites (tertiary alicyclic amines) is 1. The molecule has 0 spiro atoms. The van der Waals surface area contributed by atoms with Gasteiger partial charge in [-0.05, 0) is 57.2 Å². The molecule has 0 unspecified atom stereocenters. The van der Waals surface area contributed by atoms with Crippen LogP contribution >= 0.6 is 0 Å². The minimum absolute atomic E-state index is 0.0648. The van der Waals surface area contributed by atoms with E-state index in [9.17, 15) is 4.79 Å². The Morgan fingerprint density at radius 1 is 1.23 bits per heavy atom. The molecule has 1 saturated heterocycles. The first-order valence-electron chi connectivity index (χ1n) is 9.04. The van der Waals surface area contributed by atoms with E-state index in [1.54, 1.807) is 6.26 Å². The zero-order chi connectivity index (χ0) is 17.9. The number of rotatable bonds is 5. The molecule has 26 heavy (non-hydrogen) atoms. The average molecular weight is 353 g/mol. The van der Waals surface area contributed by atoms with Gasteiger partial charge in [-0.25, -0.2) is 0 Å². The number of carbonyl (C=O) groups is 1. The number of hydrogen-bond donors (Lipinski definition) is 0. The van der Waals surface area contributed by atoms with Crippen molar-refractivity contribution in [2.24, 2.45) is 0 Å². The number of benzene rings is 1. The third-order valence-electron chi connectivity index (χ3n) is 5.13. The van der Waals surface area contributed by atoms with Gasteiger partial charge < -0.3 is 18.7 Å². The molecule has 1 aliphatic rings. The van der Waals surface area contributed by atoms with Gasteiger partial charge in [0.05, 0.1) is 19.2 Å². The van der Waals surface area contributed by atoms with Crippen LogP contribution in [0, 0.1) is 0 Å². The molecule has 0 saturated carbocycles. The van der Waals surface area contributed by atoms with Crippen molar-refractivity contribution < 1.29 is 13.7 Å². The van der Waals surface area contributed by atoms with Crippen LogP contribution in [-0.4, -0.2) is 47.0 Å². The number of aromatic nitrogens is 1. The number of furan rings is 1. The number of hydrogen-bond acceptors (Lipinski definition) is 5. The van der Waals surface area contributed by atoms with Crippen LogP contribution in [0.5, 0.6) is 0 Å². The first-order chi connectivity index (χ1) is 12.7. The lowest BCUT2D eigenvalue weighted by Gasteiger charge is -2.37. The fourth-order valence-electron chi connectivity index (χ4n) is 3.61. The van der Waals surface area contributed by atoms with Gasteiger partial charge in [-0.3, -0.25) is 4.79 Å². The van der Waals surface area contributed by atoms with Crippen molar-refractivity contribution in [1.82, 2.24) is 15.0 Å². The highest BCUT2D eigenvalue weighted by atomic mass is 16.5. The Bertz CT molecular complexity index is 863. The van der Waals surface area contributed by atoms with Crippen molar-refractivity contribution in [1.29, 1.82) is 0 Å². The molecule has 1 fully saturated rings. The molecule has 1 amide bonds. The van der Waals surface area contributed by atoms with Crippen LogP contribution in [0.15, 0.2) is 51.6 Å². The molecule has 3 heterocycles. The molecule has 0 N–H and O–H groups in total. The monoisotopic (exact) mass is 353 g/mol. The number of piperidine rings is 1. The van der Waals surface area contributed by atoms with E-state index in [4.69, 9.17) is 8.94 Å². The fourth-order valence-corrected chi connectivity index (χ4v) is 3.61. The summed E-state index contributed by atoms with van der Waals surface area (Å²) in [5, 5.41) is 5.02. The van der Waals surface area contributed by atoms with Crippen LogP contribution in [-0.2, 0) is 17.8 Å². The molecular formula is C20H23N3O3. The lowest BCUT2D eigenvalue weighted by Crippen LogP contribution is -2.46. The van der Waals surface area contributed by atoms with Crippen LogP contribution in [0.25, 0.3) is 11.0 Å². The maximum atomic E-state index is 13.2. The first kappa shape index (κ1) is 16.8. The summed E-state index contributed by atoms with van der Waals surface area (Å²) in [5.41, 5.74) is 1.41. The molecule has 4 rings (SSSR count). The Balaban J connectivity index is 1.55. The van der Waals surface area contributed by atoms with Gasteiger partial charge in [0.2, 0.25) is 5.91 Å². The van der Waals surface area contributed by atoms with Gasteiger partial charge in [-0.1, -0.05) is 17.3 Å². The summed E-state index contributed by atoms with van der Waals surface area (Å²) >= 11 is 0. The maximum absolute atomic E-state index is 13.2. The zero-order valence-electron chi connectivity index (χ0n) is 14.9. The lowest BCUT2D eigenvalue weighted by atomic mass is 10.0. The number of para-hydroxylation sites is 1. The number of carbonyl (C=O) groups excluding carboxylic acids is 1. The van der Waals surface area contributed by atoms with E-state index >= 15 is 0 Å². The van der Waals surface area contributed by atoms with Crippen LogP contribution in [0.1, 0.15) is 24.3 Å². The maximum Gasteiger partial charge on any atom is 0.229 e. The van der Waals surface area contributed by atoms with E-state index in [1.807, 2.05) is 41.3 Å². The first-order valence-corrected chi connectivity index (χ1v) is 9.04. The number of nitrogens with zero attached hydrogens (tertiary/aromatic N) is 3. The van der Waals surface area contributed by atoms with E-state index in [0.29, 0.717) is 17.8 Å². The molecule has 0 bridgehead atoms. The second-order valence-corrected chi connectivity index (χ2v) is 6.94. The van der Waals surface area contributed by atoms with Crippen LogP contribution in [0.3, 0.4) is 0 Å². The largest absolute Gasteiger partial charge is 0.467 e. The minimum atomic E-state index is 0.0648. The summed E-state index contributed by atoms with van der Waals surface area (Å²) in [4.78, 5) is 17.4. The third-order valence-corrected chi connectivity index (χ3v) is 5.13. The molecule has 0 atom stereocenters. The highest BCUT2D eigenvalue weighted by Gasteiger charge is 2.28. The predicted octanol–water partition coefficient (Wildman–Crippen LogP) is 3.09. The third kappa shape index (κ3) is 3.51. The smallest absolute Gasteiger partial charge is 0.229 e. The van der Waals surface area contributed by atoms with Crippen LogP contribution in [0.4, 0.5) is 0 Å². The Labute approximate surface area is 152 Å². The highest BCUT2D eigenvalue weighted by Crippen LogP contribution is 2.22. The molecule has 0 aliphatic carbocycles. The zero-order valence-corrected chi connectivity index (χ0v) is 14.9. The van der Waals surface area contributed by atoms with E-state index in [0.717, 1.165) is 37.1 Å². The van der Waals surface area contributed by atoms with Crippen molar-refractivity contribution in [3.8, 4) is 0 Å². The number of amides is 1. The molecule has 6 nitrogen and oxygen atoms in total. The van der Waals surface area contributed by atoms with Gasteiger partial charge in [0.15, 0.2) is 5.58 Å². The van der Waals surface area contributed by atoms with E-state index in [1.165, 1.54) is 0 Å². The van der Waals surface area contributed by atoms with E-state index < -0.39 is 0 Å². The SMILES string of the molecule is CN1CCC(N(Cc2ccco2)C(=O)Cc2noc3ccccc23)CC1. The van der Waals surface area contributed by atoms with Crippen molar-refractivity contribution in [2.75, 3.05) is 20.1 Å². The van der Waals surface area contributed by atoms with Gasteiger partial charge in [-0.15, -0.1) is 0 Å². The summed E-state index contributed by atoms with van der Waals surface area (Å²) < 4.78 is 10.8. The Hall–Kier alpha value is -2.60. The summed E-state index contributed by atoms with van der Waals surface area (Å²) in [6, 6.07) is 11.7. The lowest BCUT2D eigenvalue weighted by molar-refractivity contribution is -0.134. The quantitative estimate of drug-likeness (QED) is 0.705. The van der Waals surface area contributed by atoms with Crippen molar-refractivity contribution in [3.63, 3.8) is 0 Å². The van der Waals surface area contributed by atoms with Crippen molar-refractivity contribution in [2.45, 2.75) is 31.8 Å². The molecule has 1 aliphatic heterocycles. The van der Waals surface area contributed by atoms with E-state index in [2.05, 4.69) is 17.1 Å². The Morgan fingerprint density at radius 2 is 2.04 bits per heavy atom. The second-order valence-electron chi connectivity index (χ2n) is 6.94. The Morgan fingerprint density at radius 3 is 2.81 bits per heavy atom. The molecule has 3 aromatic rings. The van der Waals surface area contributed by atoms with Gasteiger partial charge >= 0.3 is 0 Å². The normalized spacial score (nSPS) is 16.2. The van der Waals surface area contributed by atoms with Crippen molar-refractivity contribution >= 4 is 16.9 Å². The molecule has 6 heteroatoms. The minimum Gasteiger partial charge on any atom is -0.467 e. The van der Waals surface area contributed by atoms with Gasteiger partial charge in [0, 0.05) is 11.4 Å². The summed E-state index contributed by atoms with van der Waals surface area (Å²) in [7, 11) is 2.12. The van der Waals surface area contributed by atoms with Gasteiger partial charge in [0.25, 0.3) is 0 Å². The summed E-state index contributed by atoms with van der Waals surface area (Å²) in [5.74, 6) is 0.872. The van der Waals surface area contributed by atoms with E-state index in [-0.39, 0.29) is 18.4 Å². The van der Waals surface area contributed by atoms with Gasteiger partial charge in [-0.2, -0.15) is 0 Å². The summed E-state index contributed by atoms with van der Waals surface area (Å²) in [6.45, 7) is 2.50. The van der Waals surface area contributed by atoms with Crippen LogP contribution in [0.2, 0.25) is 0 Å². The van der Waals surface area contributed by atoms with Gasteiger partial charge in [0.1, 0.15) is 11.5 Å². The highest BCUT2D eigenvalue weighted by molar-refractivity contribution is 5.86. The van der Waals surface area contributed by atoms with Crippen LogP contribution < -0.4 is 0 Å². The standard InChI is InChI=1S/C20H23N3O3/c1-22-10-8-15(9-11-22)23(14-16-5-4-12-25-16)20(24)13-18-17-6-2-3-7-19(17)26-21-18/h2-7,12,15H,8-11,13-14H2,1H3. The predicted molar refractivity (Wildman–Crippen MR) is 97.5 cm³/mol. The summed E-state index contributed by atoms with van der Waals surface area (Å²) in [6.07, 6.45) is 3.84. The molecule has 1 aromatic carbocycles. The Kier molecular flexibility index (Phi) is 4.75. The molecular weight excluding hydrogens is 330 g/mol. The molecule has 136 valence electrons. The molecule has 0 radical (unpaired) electrons. The average Bonchev–Trinajstić information content (AvgIpc) is 3.31. The second kappa shape index (κ2) is 7.33. The fraction of sp³-hybridized carbons (Fsp3) is 0.400. The number of fused-ring (bicyclic) bond motifs is 1.